The standard InChI is InChI=1S/C25H30N4O4S/c1-16(2)29(24(30)18-6-4-17(3)5-7-18)23-22(25(31)32)12-28(27-23)20-8-10-21(11-9-20)33-13-19-14-34-15-26-19/h8-12,14-18H,4-7,13H2,1-3H3,(H,31,32). The molecule has 2 aromatic heterocycles. The van der Waals surface area contributed by atoms with E-state index in [2.05, 4.69) is 17.0 Å². The van der Waals surface area contributed by atoms with Crippen LogP contribution >= 0.6 is 11.3 Å². The molecule has 4 rings (SSSR count). The van der Waals surface area contributed by atoms with E-state index in [9.17, 15) is 14.7 Å². The molecule has 180 valence electrons. The molecule has 1 fully saturated rings. The Morgan fingerprint density at radius 1 is 1.21 bits per heavy atom. The monoisotopic (exact) mass is 482 g/mol. The SMILES string of the molecule is CC1CCC(C(=O)N(c2nn(-c3ccc(OCc4cscn4)cc3)cc2C(=O)O)C(C)C)CC1. The number of anilines is 1. The molecular weight excluding hydrogens is 452 g/mol. The minimum Gasteiger partial charge on any atom is -0.487 e. The summed E-state index contributed by atoms with van der Waals surface area (Å²) in [4.78, 5) is 31.3. The number of thiazole rings is 1. The molecular formula is C25H30N4O4S. The highest BCUT2D eigenvalue weighted by molar-refractivity contribution is 7.07. The van der Waals surface area contributed by atoms with Gasteiger partial charge in [-0.25, -0.2) is 14.5 Å². The predicted octanol–water partition coefficient (Wildman–Crippen LogP) is 5.17. The first-order valence-corrected chi connectivity index (χ1v) is 12.5. The van der Waals surface area contributed by atoms with Crippen molar-refractivity contribution in [2.45, 2.75) is 59.1 Å². The number of aromatic nitrogens is 3. The van der Waals surface area contributed by atoms with Crippen LogP contribution in [0.15, 0.2) is 41.4 Å². The maximum atomic E-state index is 13.4. The molecule has 1 N–H and O–H groups in total. The van der Waals surface area contributed by atoms with Gasteiger partial charge in [-0.05, 0) is 69.7 Å². The fourth-order valence-electron chi connectivity index (χ4n) is 4.29. The van der Waals surface area contributed by atoms with Crippen molar-refractivity contribution in [1.82, 2.24) is 14.8 Å². The minimum atomic E-state index is -1.11. The molecule has 3 aromatic rings. The topological polar surface area (TPSA) is 97.5 Å². The Balaban J connectivity index is 1.57. The summed E-state index contributed by atoms with van der Waals surface area (Å²) in [7, 11) is 0. The van der Waals surface area contributed by atoms with Crippen molar-refractivity contribution < 1.29 is 19.4 Å². The van der Waals surface area contributed by atoms with Crippen molar-refractivity contribution in [2.75, 3.05) is 4.90 Å². The molecule has 0 unspecified atom stereocenters. The number of nitrogens with zero attached hydrogens (tertiary/aromatic N) is 4. The van der Waals surface area contributed by atoms with Crippen LogP contribution in [0, 0.1) is 11.8 Å². The van der Waals surface area contributed by atoms with E-state index in [1.807, 2.05) is 31.4 Å². The number of carboxylic acids is 1. The molecule has 8 nitrogen and oxygen atoms in total. The second-order valence-electron chi connectivity index (χ2n) is 9.14. The normalized spacial score (nSPS) is 18.1. The maximum Gasteiger partial charge on any atom is 0.341 e. The van der Waals surface area contributed by atoms with E-state index < -0.39 is 5.97 Å². The Kier molecular flexibility index (Phi) is 7.31. The van der Waals surface area contributed by atoms with Gasteiger partial charge in [0.15, 0.2) is 5.82 Å². The van der Waals surface area contributed by atoms with E-state index >= 15 is 0 Å². The third kappa shape index (κ3) is 5.30. The number of benzene rings is 1. The molecule has 1 aromatic carbocycles. The smallest absolute Gasteiger partial charge is 0.341 e. The number of hydrogen-bond acceptors (Lipinski definition) is 6. The number of hydrogen-bond donors (Lipinski definition) is 1. The maximum absolute atomic E-state index is 13.4. The second-order valence-corrected chi connectivity index (χ2v) is 9.86. The summed E-state index contributed by atoms with van der Waals surface area (Å²) in [6.07, 6.45) is 5.15. The molecule has 1 saturated carbocycles. The van der Waals surface area contributed by atoms with Gasteiger partial charge in [0.05, 0.1) is 16.9 Å². The van der Waals surface area contributed by atoms with Crippen molar-refractivity contribution >= 4 is 29.0 Å². The lowest BCUT2D eigenvalue weighted by Crippen LogP contribution is -2.43. The summed E-state index contributed by atoms with van der Waals surface area (Å²) in [6, 6.07) is 7.01. The molecule has 0 atom stereocenters. The van der Waals surface area contributed by atoms with Gasteiger partial charge in [-0.15, -0.1) is 16.4 Å². The van der Waals surface area contributed by atoms with Gasteiger partial charge in [0, 0.05) is 23.5 Å². The van der Waals surface area contributed by atoms with Crippen LogP contribution in [0.3, 0.4) is 0 Å². The molecule has 0 radical (unpaired) electrons. The highest BCUT2D eigenvalue weighted by Crippen LogP contribution is 2.33. The van der Waals surface area contributed by atoms with Crippen LogP contribution in [0.5, 0.6) is 5.75 Å². The van der Waals surface area contributed by atoms with Crippen LogP contribution in [-0.4, -0.2) is 37.8 Å². The van der Waals surface area contributed by atoms with Gasteiger partial charge >= 0.3 is 5.97 Å². The number of carboxylic acid groups (broad SMARTS) is 1. The lowest BCUT2D eigenvalue weighted by atomic mass is 9.82. The zero-order valence-corrected chi connectivity index (χ0v) is 20.5. The summed E-state index contributed by atoms with van der Waals surface area (Å²) in [5, 5.41) is 16.4. The molecule has 0 bridgehead atoms. The van der Waals surface area contributed by atoms with Crippen LogP contribution in [0.1, 0.15) is 62.5 Å². The lowest BCUT2D eigenvalue weighted by molar-refractivity contribution is -0.123. The van der Waals surface area contributed by atoms with E-state index in [0.29, 0.717) is 24.0 Å². The van der Waals surface area contributed by atoms with Crippen molar-refractivity contribution in [2.24, 2.45) is 11.8 Å². The average molecular weight is 483 g/mol. The zero-order valence-electron chi connectivity index (χ0n) is 19.7. The van der Waals surface area contributed by atoms with E-state index in [-0.39, 0.29) is 29.2 Å². The molecule has 1 amide bonds. The highest BCUT2D eigenvalue weighted by atomic mass is 32.1. The lowest BCUT2D eigenvalue weighted by Gasteiger charge is -2.32. The summed E-state index contributed by atoms with van der Waals surface area (Å²) < 4.78 is 7.26. The first kappa shape index (κ1) is 23.9. The highest BCUT2D eigenvalue weighted by Gasteiger charge is 2.34. The Bertz CT molecular complexity index is 1120. The molecule has 0 aliphatic heterocycles. The molecule has 9 heteroatoms. The third-order valence-corrected chi connectivity index (χ3v) is 6.88. The largest absolute Gasteiger partial charge is 0.487 e. The quantitative estimate of drug-likeness (QED) is 0.475. The van der Waals surface area contributed by atoms with Crippen molar-refractivity contribution in [3.8, 4) is 11.4 Å². The van der Waals surface area contributed by atoms with Gasteiger partial charge in [-0.3, -0.25) is 9.69 Å². The van der Waals surface area contributed by atoms with E-state index in [0.717, 1.165) is 31.4 Å². The van der Waals surface area contributed by atoms with Gasteiger partial charge in [-0.2, -0.15) is 0 Å². The number of ether oxygens (including phenoxy) is 1. The summed E-state index contributed by atoms with van der Waals surface area (Å²) in [6.45, 7) is 6.37. The minimum absolute atomic E-state index is 0.00934. The van der Waals surface area contributed by atoms with Crippen LogP contribution in [0.2, 0.25) is 0 Å². The average Bonchev–Trinajstić information content (AvgIpc) is 3.49. The first-order chi connectivity index (χ1) is 16.3. The van der Waals surface area contributed by atoms with E-state index in [4.69, 9.17) is 4.74 Å². The fourth-order valence-corrected chi connectivity index (χ4v) is 4.84. The van der Waals surface area contributed by atoms with Crippen LogP contribution in [0.4, 0.5) is 5.82 Å². The van der Waals surface area contributed by atoms with Gasteiger partial charge in [-0.1, -0.05) is 6.92 Å². The molecule has 1 aliphatic rings. The van der Waals surface area contributed by atoms with Crippen molar-refractivity contribution in [3.63, 3.8) is 0 Å². The molecule has 34 heavy (non-hydrogen) atoms. The first-order valence-electron chi connectivity index (χ1n) is 11.6. The van der Waals surface area contributed by atoms with Crippen molar-refractivity contribution in [1.29, 1.82) is 0 Å². The van der Waals surface area contributed by atoms with Gasteiger partial charge in [0.25, 0.3) is 0 Å². The van der Waals surface area contributed by atoms with Gasteiger partial charge in [0.1, 0.15) is 17.9 Å². The third-order valence-electron chi connectivity index (χ3n) is 6.24. The fraction of sp³-hybridized carbons (Fsp3) is 0.440. The molecule has 0 spiro atoms. The number of carbonyl (C=O) groups is 2. The van der Waals surface area contributed by atoms with E-state index in [1.165, 1.54) is 22.2 Å². The number of aromatic carboxylic acids is 1. The molecule has 2 heterocycles. The van der Waals surface area contributed by atoms with Crippen molar-refractivity contribution in [3.05, 3.63) is 52.6 Å². The number of amides is 1. The Hall–Kier alpha value is -3.20. The Morgan fingerprint density at radius 2 is 1.91 bits per heavy atom. The van der Waals surface area contributed by atoms with Crippen LogP contribution < -0.4 is 9.64 Å². The number of rotatable bonds is 8. The summed E-state index contributed by atoms with van der Waals surface area (Å²) in [5.74, 6) is 0.238. The van der Waals surface area contributed by atoms with Crippen LogP contribution in [0.25, 0.3) is 5.69 Å². The summed E-state index contributed by atoms with van der Waals surface area (Å²) >= 11 is 1.52. The zero-order chi connectivity index (χ0) is 24.2. The Morgan fingerprint density at radius 3 is 2.50 bits per heavy atom. The predicted molar refractivity (Wildman–Crippen MR) is 131 cm³/mol. The van der Waals surface area contributed by atoms with Gasteiger partial charge in [0.2, 0.25) is 5.91 Å². The molecule has 1 aliphatic carbocycles. The van der Waals surface area contributed by atoms with Gasteiger partial charge < -0.3 is 9.84 Å². The second kappa shape index (κ2) is 10.4. The van der Waals surface area contributed by atoms with Crippen LogP contribution in [-0.2, 0) is 11.4 Å². The summed E-state index contributed by atoms with van der Waals surface area (Å²) in [5.41, 5.74) is 3.31. The Labute approximate surface area is 203 Å². The van der Waals surface area contributed by atoms with E-state index in [1.54, 1.807) is 22.5 Å². The molecule has 0 saturated heterocycles. The number of carbonyl (C=O) groups excluding carboxylic acids is 1.